The Kier molecular flexibility index (Phi) is 6.70. The maximum absolute atomic E-state index is 2.61. The lowest BCUT2D eigenvalue weighted by atomic mass is 9.43. The molecule has 1 heteroatoms. The Labute approximate surface area is 348 Å². The van der Waals surface area contributed by atoms with Crippen LogP contribution in [0.25, 0.3) is 97.0 Å². The molecule has 0 atom stereocenters. The molecule has 1 aromatic heterocycles. The lowest BCUT2D eigenvalue weighted by Crippen LogP contribution is -2.55. The third kappa shape index (κ3) is 4.44. The van der Waals surface area contributed by atoms with Crippen molar-refractivity contribution in [3.63, 3.8) is 0 Å². The second kappa shape index (κ2) is 12.0. The van der Waals surface area contributed by atoms with Crippen molar-refractivity contribution in [2.75, 3.05) is 0 Å². The molecule has 5 aliphatic carbocycles. The molecule has 9 aromatic carbocycles. The zero-order valence-electron chi connectivity index (χ0n) is 32.9. The van der Waals surface area contributed by atoms with Gasteiger partial charge in [-0.2, -0.15) is 0 Å². The largest absolute Gasteiger partial charge is 0.135 e. The smallest absolute Gasteiger partial charge is 0.0355 e. The quantitative estimate of drug-likeness (QED) is 0.157. The second-order valence-electron chi connectivity index (χ2n) is 18.4. The molecule has 0 radical (unpaired) electrons. The molecule has 4 bridgehead atoms. The van der Waals surface area contributed by atoms with E-state index in [-0.39, 0.29) is 5.41 Å². The monoisotopic (exact) mass is 770 g/mol. The van der Waals surface area contributed by atoms with Crippen LogP contribution in [-0.2, 0) is 5.41 Å². The highest BCUT2D eigenvalue weighted by Crippen LogP contribution is 2.70. The van der Waals surface area contributed by atoms with Crippen LogP contribution in [0, 0.1) is 23.7 Å². The van der Waals surface area contributed by atoms with Crippen LogP contribution in [0.2, 0.25) is 0 Å². The van der Waals surface area contributed by atoms with E-state index in [1.54, 1.807) is 11.1 Å². The molecule has 59 heavy (non-hydrogen) atoms. The summed E-state index contributed by atoms with van der Waals surface area (Å²) in [7, 11) is 0. The lowest BCUT2D eigenvalue weighted by Gasteiger charge is -2.61. The highest BCUT2D eigenvalue weighted by molar-refractivity contribution is 7.25. The molecule has 4 saturated carbocycles. The number of fused-ring (bicyclic) bond motifs is 10. The van der Waals surface area contributed by atoms with E-state index in [2.05, 4.69) is 170 Å². The van der Waals surface area contributed by atoms with Crippen LogP contribution in [0.3, 0.4) is 0 Å². The topological polar surface area (TPSA) is 0 Å². The Hall–Kier alpha value is -6.02. The van der Waals surface area contributed by atoms with Crippen LogP contribution in [0.1, 0.15) is 43.2 Å². The molecule has 1 spiro atoms. The highest BCUT2D eigenvalue weighted by atomic mass is 32.1. The Bertz CT molecular complexity index is 3310. The predicted octanol–water partition coefficient (Wildman–Crippen LogP) is 16.2. The fourth-order valence-electron chi connectivity index (χ4n) is 13.6. The normalized spacial score (nSPS) is 22.6. The van der Waals surface area contributed by atoms with Crippen LogP contribution < -0.4 is 0 Å². The molecule has 15 rings (SSSR count). The SMILES string of the molecule is c1ccc2c3c(ccc2c1)-c1cc(-c2c4ccccc4c(-c4ccc(-c5ccc6sc7ccccc7c6c5)cc4)c4ccccc24)ccc1C31C2CC3CC(C2)CC1C3. The molecule has 1 heterocycles. The van der Waals surface area contributed by atoms with Gasteiger partial charge in [0, 0.05) is 25.6 Å². The van der Waals surface area contributed by atoms with E-state index in [1.807, 2.05) is 11.3 Å². The van der Waals surface area contributed by atoms with Gasteiger partial charge in [0.15, 0.2) is 0 Å². The molecular formula is C58H42S. The first-order chi connectivity index (χ1) is 29.2. The van der Waals surface area contributed by atoms with Gasteiger partial charge in [0.05, 0.1) is 0 Å². The Morgan fingerprint density at radius 3 is 1.61 bits per heavy atom. The lowest BCUT2D eigenvalue weighted by molar-refractivity contribution is -0.0393. The van der Waals surface area contributed by atoms with Gasteiger partial charge in [-0.25, -0.2) is 0 Å². The zero-order chi connectivity index (χ0) is 38.4. The van der Waals surface area contributed by atoms with E-state index < -0.39 is 0 Å². The molecule has 0 amide bonds. The van der Waals surface area contributed by atoms with Gasteiger partial charge in [-0.05, 0) is 168 Å². The molecule has 5 aliphatic rings. The summed E-state index contributed by atoms with van der Waals surface area (Å²) in [5, 5.41) is 10.8. The summed E-state index contributed by atoms with van der Waals surface area (Å²) in [5.41, 5.74) is 14.1. The van der Waals surface area contributed by atoms with Crippen molar-refractivity contribution in [2.45, 2.75) is 37.5 Å². The van der Waals surface area contributed by atoms with Crippen molar-refractivity contribution in [2.24, 2.45) is 23.7 Å². The first-order valence-electron chi connectivity index (χ1n) is 21.8. The van der Waals surface area contributed by atoms with E-state index in [4.69, 9.17) is 0 Å². The maximum atomic E-state index is 2.61. The first kappa shape index (κ1) is 32.9. The van der Waals surface area contributed by atoms with Crippen molar-refractivity contribution in [1.29, 1.82) is 0 Å². The standard InChI is InChI=1S/C58H42S/c1-2-10-43-37(9-1)21-24-49-50-33-40(22-25-52(50)58(57(43)49)41-28-34-27-35(30-41)31-42(58)29-34)56-47-14-5-3-12-45(47)55(46-13-4-6-15-48(46)56)38-19-17-36(18-20-38)39-23-26-54-51(32-39)44-11-7-8-16-53(44)59-54/h1-26,32-35,41-42H,27-31H2. The summed E-state index contributed by atoms with van der Waals surface area (Å²) >= 11 is 1.88. The summed E-state index contributed by atoms with van der Waals surface area (Å²) in [6.45, 7) is 0. The van der Waals surface area contributed by atoms with Gasteiger partial charge in [-0.3, -0.25) is 0 Å². The van der Waals surface area contributed by atoms with Crippen molar-refractivity contribution in [3.05, 3.63) is 181 Å². The van der Waals surface area contributed by atoms with Gasteiger partial charge in [0.2, 0.25) is 0 Å². The number of hydrogen-bond acceptors (Lipinski definition) is 1. The molecule has 4 fully saturated rings. The molecule has 0 unspecified atom stereocenters. The average Bonchev–Trinajstić information content (AvgIpc) is 3.80. The summed E-state index contributed by atoms with van der Waals surface area (Å²) in [6.07, 6.45) is 7.07. The first-order valence-corrected chi connectivity index (χ1v) is 22.7. The number of thiophene rings is 1. The van der Waals surface area contributed by atoms with E-state index in [0.29, 0.717) is 0 Å². The van der Waals surface area contributed by atoms with Crippen LogP contribution >= 0.6 is 11.3 Å². The molecule has 280 valence electrons. The van der Waals surface area contributed by atoms with E-state index in [0.717, 1.165) is 23.7 Å². The minimum Gasteiger partial charge on any atom is -0.135 e. The van der Waals surface area contributed by atoms with Gasteiger partial charge in [0.25, 0.3) is 0 Å². The average molecular weight is 771 g/mol. The molecule has 0 aliphatic heterocycles. The van der Waals surface area contributed by atoms with Gasteiger partial charge < -0.3 is 0 Å². The Morgan fingerprint density at radius 1 is 0.373 bits per heavy atom. The molecule has 10 aromatic rings. The van der Waals surface area contributed by atoms with Crippen LogP contribution in [-0.4, -0.2) is 0 Å². The van der Waals surface area contributed by atoms with E-state index in [9.17, 15) is 0 Å². The molecule has 0 N–H and O–H groups in total. The van der Waals surface area contributed by atoms with Crippen LogP contribution in [0.4, 0.5) is 0 Å². The third-order valence-electron chi connectivity index (χ3n) is 15.6. The minimum absolute atomic E-state index is 0.126. The highest BCUT2D eigenvalue weighted by Gasteiger charge is 2.62. The summed E-state index contributed by atoms with van der Waals surface area (Å²) in [5.74, 6) is 3.32. The fraction of sp³-hybridized carbons (Fsp3) is 0.172. The van der Waals surface area contributed by atoms with Gasteiger partial charge in [-0.1, -0.05) is 146 Å². The van der Waals surface area contributed by atoms with Crippen LogP contribution in [0.15, 0.2) is 170 Å². The Balaban J connectivity index is 0.946. The maximum Gasteiger partial charge on any atom is 0.0355 e. The third-order valence-corrected chi connectivity index (χ3v) is 16.8. The fourth-order valence-corrected chi connectivity index (χ4v) is 14.7. The molecule has 0 nitrogen and oxygen atoms in total. The minimum atomic E-state index is 0.126. The van der Waals surface area contributed by atoms with Crippen molar-refractivity contribution in [3.8, 4) is 44.5 Å². The van der Waals surface area contributed by atoms with Crippen molar-refractivity contribution < 1.29 is 0 Å². The summed E-state index contributed by atoms with van der Waals surface area (Å²) in [4.78, 5) is 0. The molecule has 0 saturated heterocycles. The number of hydrogen-bond donors (Lipinski definition) is 0. The van der Waals surface area contributed by atoms with Gasteiger partial charge >= 0.3 is 0 Å². The van der Waals surface area contributed by atoms with Gasteiger partial charge in [-0.15, -0.1) is 11.3 Å². The predicted molar refractivity (Wildman–Crippen MR) is 251 cm³/mol. The molecular weight excluding hydrogens is 729 g/mol. The Morgan fingerprint density at radius 2 is 0.915 bits per heavy atom. The number of rotatable bonds is 3. The van der Waals surface area contributed by atoms with Gasteiger partial charge in [0.1, 0.15) is 0 Å². The van der Waals surface area contributed by atoms with E-state index in [1.165, 1.54) is 129 Å². The van der Waals surface area contributed by atoms with Crippen LogP contribution in [0.5, 0.6) is 0 Å². The van der Waals surface area contributed by atoms with Crippen molar-refractivity contribution in [1.82, 2.24) is 0 Å². The summed E-state index contributed by atoms with van der Waals surface area (Å²) in [6, 6.07) is 65.3. The number of benzene rings is 9. The van der Waals surface area contributed by atoms with E-state index >= 15 is 0 Å². The zero-order valence-corrected chi connectivity index (χ0v) is 33.7. The second-order valence-corrected chi connectivity index (χ2v) is 19.5. The summed E-state index contributed by atoms with van der Waals surface area (Å²) < 4.78 is 2.69. The van der Waals surface area contributed by atoms with Crippen molar-refractivity contribution >= 4 is 63.8 Å².